The van der Waals surface area contributed by atoms with Gasteiger partial charge in [-0.25, -0.2) is 9.97 Å². The standard InChI is InChI=1S/C16H28N4O/c1-11(2)14-19-12(17)9-13(20-14)18-10-16(21)7-5-15(3,4)6-8-16/h9,11,21H,5-8,10H2,1-4H3,(H3,17,18,19,20). The van der Waals surface area contributed by atoms with E-state index in [0.29, 0.717) is 23.6 Å². The molecule has 0 atom stereocenters. The zero-order chi connectivity index (χ0) is 15.7. The third kappa shape index (κ3) is 4.30. The second-order valence-corrected chi connectivity index (χ2v) is 7.43. The van der Waals surface area contributed by atoms with E-state index in [1.165, 1.54) is 0 Å². The molecular formula is C16H28N4O. The minimum absolute atomic E-state index is 0.229. The molecule has 0 bridgehead atoms. The van der Waals surface area contributed by atoms with Crippen molar-refractivity contribution in [2.24, 2.45) is 5.41 Å². The van der Waals surface area contributed by atoms with E-state index in [2.05, 4.69) is 29.1 Å². The molecule has 1 heterocycles. The minimum Gasteiger partial charge on any atom is -0.388 e. The summed E-state index contributed by atoms with van der Waals surface area (Å²) in [5.74, 6) is 2.12. The summed E-state index contributed by atoms with van der Waals surface area (Å²) in [4.78, 5) is 8.69. The number of aliphatic hydroxyl groups is 1. The molecule has 0 aromatic carbocycles. The summed E-state index contributed by atoms with van der Waals surface area (Å²) in [6.45, 7) is 9.11. The molecular weight excluding hydrogens is 264 g/mol. The normalized spacial score (nSPS) is 20.5. The first-order valence-electron chi connectivity index (χ1n) is 7.80. The first-order valence-corrected chi connectivity index (χ1v) is 7.80. The van der Waals surface area contributed by atoms with Gasteiger partial charge in [-0.1, -0.05) is 27.7 Å². The third-order valence-electron chi connectivity index (χ3n) is 4.41. The zero-order valence-electron chi connectivity index (χ0n) is 13.6. The van der Waals surface area contributed by atoms with E-state index < -0.39 is 5.60 Å². The van der Waals surface area contributed by atoms with E-state index in [-0.39, 0.29) is 5.92 Å². The van der Waals surface area contributed by atoms with Crippen LogP contribution in [0.5, 0.6) is 0 Å². The van der Waals surface area contributed by atoms with Gasteiger partial charge in [0.25, 0.3) is 0 Å². The SMILES string of the molecule is CC(C)c1nc(N)cc(NCC2(O)CCC(C)(C)CC2)n1. The van der Waals surface area contributed by atoms with Gasteiger partial charge >= 0.3 is 0 Å². The summed E-state index contributed by atoms with van der Waals surface area (Å²) in [7, 11) is 0. The van der Waals surface area contributed by atoms with Crippen molar-refractivity contribution in [3.63, 3.8) is 0 Å². The molecule has 0 aliphatic heterocycles. The lowest BCUT2D eigenvalue weighted by Gasteiger charge is -2.40. The van der Waals surface area contributed by atoms with E-state index in [0.717, 1.165) is 31.5 Å². The number of nitrogen functional groups attached to an aromatic ring is 1. The van der Waals surface area contributed by atoms with Gasteiger partial charge in [-0.2, -0.15) is 0 Å². The smallest absolute Gasteiger partial charge is 0.135 e. The van der Waals surface area contributed by atoms with Crippen LogP contribution in [0.15, 0.2) is 6.07 Å². The summed E-state index contributed by atoms with van der Waals surface area (Å²) in [5.41, 5.74) is 5.52. The van der Waals surface area contributed by atoms with Crippen LogP contribution in [0.4, 0.5) is 11.6 Å². The molecule has 0 amide bonds. The van der Waals surface area contributed by atoms with Crippen molar-refractivity contribution in [1.82, 2.24) is 9.97 Å². The molecule has 1 aliphatic rings. The second-order valence-electron chi connectivity index (χ2n) is 7.43. The number of nitrogens with two attached hydrogens (primary N) is 1. The highest BCUT2D eigenvalue weighted by molar-refractivity contribution is 5.45. The molecule has 1 aliphatic carbocycles. The van der Waals surface area contributed by atoms with Gasteiger partial charge < -0.3 is 16.2 Å². The molecule has 2 rings (SSSR count). The lowest BCUT2D eigenvalue weighted by molar-refractivity contribution is -0.0145. The first kappa shape index (κ1) is 16.0. The Balaban J connectivity index is 2.00. The van der Waals surface area contributed by atoms with Crippen molar-refractivity contribution >= 4 is 11.6 Å². The quantitative estimate of drug-likeness (QED) is 0.794. The van der Waals surface area contributed by atoms with Crippen LogP contribution in [0.25, 0.3) is 0 Å². The van der Waals surface area contributed by atoms with Crippen LogP contribution < -0.4 is 11.1 Å². The molecule has 0 saturated heterocycles. The lowest BCUT2D eigenvalue weighted by Crippen LogP contribution is -2.42. The highest BCUT2D eigenvalue weighted by Crippen LogP contribution is 2.40. The Kier molecular flexibility index (Phi) is 4.42. The maximum atomic E-state index is 10.7. The Labute approximate surface area is 127 Å². The molecule has 5 nitrogen and oxygen atoms in total. The second kappa shape index (κ2) is 5.79. The summed E-state index contributed by atoms with van der Waals surface area (Å²) >= 11 is 0. The maximum Gasteiger partial charge on any atom is 0.135 e. The van der Waals surface area contributed by atoms with E-state index in [9.17, 15) is 5.11 Å². The fourth-order valence-corrected chi connectivity index (χ4v) is 2.66. The van der Waals surface area contributed by atoms with Crippen molar-refractivity contribution < 1.29 is 5.11 Å². The van der Waals surface area contributed by atoms with E-state index in [1.54, 1.807) is 6.07 Å². The number of hydrogen-bond acceptors (Lipinski definition) is 5. The Hall–Kier alpha value is -1.36. The molecule has 0 spiro atoms. The highest BCUT2D eigenvalue weighted by Gasteiger charge is 2.36. The number of anilines is 2. The van der Waals surface area contributed by atoms with Crippen LogP contribution in [0.2, 0.25) is 0 Å². The largest absolute Gasteiger partial charge is 0.388 e. The fourth-order valence-electron chi connectivity index (χ4n) is 2.66. The molecule has 21 heavy (non-hydrogen) atoms. The van der Waals surface area contributed by atoms with Crippen LogP contribution in [0.1, 0.15) is 65.1 Å². The molecule has 118 valence electrons. The van der Waals surface area contributed by atoms with E-state index in [1.807, 2.05) is 13.8 Å². The summed E-state index contributed by atoms with van der Waals surface area (Å²) in [6.07, 6.45) is 3.75. The lowest BCUT2D eigenvalue weighted by atomic mass is 9.71. The Morgan fingerprint density at radius 3 is 2.43 bits per heavy atom. The van der Waals surface area contributed by atoms with Gasteiger partial charge in [0.2, 0.25) is 0 Å². The molecule has 0 radical (unpaired) electrons. The minimum atomic E-state index is -0.646. The summed E-state index contributed by atoms with van der Waals surface area (Å²) in [6, 6.07) is 1.72. The fraction of sp³-hybridized carbons (Fsp3) is 0.750. The number of hydrogen-bond donors (Lipinski definition) is 3. The predicted molar refractivity (Wildman–Crippen MR) is 86.2 cm³/mol. The van der Waals surface area contributed by atoms with Gasteiger partial charge in [0.15, 0.2) is 0 Å². The van der Waals surface area contributed by atoms with Crippen LogP contribution in [-0.4, -0.2) is 27.2 Å². The van der Waals surface area contributed by atoms with Gasteiger partial charge in [-0.05, 0) is 31.1 Å². The van der Waals surface area contributed by atoms with E-state index in [4.69, 9.17) is 5.73 Å². The highest BCUT2D eigenvalue weighted by atomic mass is 16.3. The third-order valence-corrected chi connectivity index (χ3v) is 4.41. The Morgan fingerprint density at radius 1 is 1.24 bits per heavy atom. The van der Waals surface area contributed by atoms with Gasteiger partial charge in [0, 0.05) is 18.5 Å². The summed E-state index contributed by atoms with van der Waals surface area (Å²) in [5, 5.41) is 13.9. The maximum absolute atomic E-state index is 10.7. The zero-order valence-corrected chi connectivity index (χ0v) is 13.6. The molecule has 1 saturated carbocycles. The Morgan fingerprint density at radius 2 is 1.86 bits per heavy atom. The van der Waals surface area contributed by atoms with Gasteiger partial charge in [0.1, 0.15) is 17.5 Å². The van der Waals surface area contributed by atoms with Crippen LogP contribution >= 0.6 is 0 Å². The number of nitrogens with zero attached hydrogens (tertiary/aromatic N) is 2. The molecule has 1 aromatic rings. The predicted octanol–water partition coefficient (Wildman–Crippen LogP) is 2.93. The topological polar surface area (TPSA) is 84.1 Å². The monoisotopic (exact) mass is 292 g/mol. The number of aromatic nitrogens is 2. The van der Waals surface area contributed by atoms with Crippen molar-refractivity contribution in [3.8, 4) is 0 Å². The van der Waals surface area contributed by atoms with Gasteiger partial charge in [-0.15, -0.1) is 0 Å². The Bertz CT molecular complexity index is 489. The molecule has 5 heteroatoms. The first-order chi connectivity index (χ1) is 9.69. The van der Waals surface area contributed by atoms with Crippen LogP contribution in [0, 0.1) is 5.41 Å². The number of nitrogens with one attached hydrogen (secondary N) is 1. The average molecular weight is 292 g/mol. The van der Waals surface area contributed by atoms with Crippen molar-refractivity contribution in [2.45, 2.75) is 64.9 Å². The van der Waals surface area contributed by atoms with Crippen molar-refractivity contribution in [3.05, 3.63) is 11.9 Å². The van der Waals surface area contributed by atoms with Crippen molar-refractivity contribution in [1.29, 1.82) is 0 Å². The van der Waals surface area contributed by atoms with Crippen LogP contribution in [0.3, 0.4) is 0 Å². The number of rotatable bonds is 4. The molecule has 1 fully saturated rings. The van der Waals surface area contributed by atoms with Gasteiger partial charge in [-0.3, -0.25) is 0 Å². The molecule has 4 N–H and O–H groups in total. The van der Waals surface area contributed by atoms with Gasteiger partial charge in [0.05, 0.1) is 5.60 Å². The molecule has 1 aromatic heterocycles. The summed E-state index contributed by atoms with van der Waals surface area (Å²) < 4.78 is 0. The van der Waals surface area contributed by atoms with E-state index >= 15 is 0 Å². The average Bonchev–Trinajstić information content (AvgIpc) is 2.40. The van der Waals surface area contributed by atoms with Crippen LogP contribution in [-0.2, 0) is 0 Å². The molecule has 0 unspecified atom stereocenters. The van der Waals surface area contributed by atoms with Crippen molar-refractivity contribution in [2.75, 3.05) is 17.6 Å².